The third kappa shape index (κ3) is 8.87. The molecule has 0 bridgehead atoms. The van der Waals surface area contributed by atoms with E-state index in [0.717, 1.165) is 0 Å². The molecule has 0 unspecified atom stereocenters. The van der Waals surface area contributed by atoms with Gasteiger partial charge >= 0.3 is 0 Å². The van der Waals surface area contributed by atoms with Gasteiger partial charge in [0.2, 0.25) is 0 Å². The Morgan fingerprint density at radius 2 is 0.516 bits per heavy atom. The fraction of sp³-hybridized carbons (Fsp3) is 0.0938. The second-order valence-corrected chi connectivity index (χ2v) is 17.7. The number of fused-ring (bicyclic) bond motifs is 4. The van der Waals surface area contributed by atoms with E-state index >= 15 is 0 Å². The molecule has 0 spiro atoms. The van der Waals surface area contributed by atoms with Crippen molar-refractivity contribution in [2.75, 3.05) is 0 Å². The van der Waals surface area contributed by atoms with Crippen molar-refractivity contribution in [3.63, 3.8) is 0 Å². The monoisotopic (exact) mass is 822 g/mol. The standard InChI is InChI=1S/C24H26.2C20H14/c1-23(2,19-11-7-5-8-12-19)21-15-17-22(18-16-21)24(3,4)20-13-9-6-10-14-20;1-3-11-17-15(7-1)9-5-13-19(17)20-14-6-10-16-8-2-4-12-18(16)20;1-3-7-17-13-19(11-9-15(17)5-1)20-12-10-16-6-2-4-8-18(16)14-20/h5-18H,1-4H3;2*1-14H. The van der Waals surface area contributed by atoms with Gasteiger partial charge in [-0.15, -0.1) is 0 Å². The van der Waals surface area contributed by atoms with Crippen LogP contribution in [-0.4, -0.2) is 0 Å². The molecule has 0 radical (unpaired) electrons. The Morgan fingerprint density at radius 1 is 0.219 bits per heavy atom. The van der Waals surface area contributed by atoms with Gasteiger partial charge in [-0.25, -0.2) is 0 Å². The summed E-state index contributed by atoms with van der Waals surface area (Å²) >= 11 is 0. The van der Waals surface area contributed by atoms with Crippen molar-refractivity contribution in [1.29, 1.82) is 0 Å². The second-order valence-electron chi connectivity index (χ2n) is 17.7. The Balaban J connectivity index is 0.000000122. The van der Waals surface area contributed by atoms with E-state index in [0.29, 0.717) is 0 Å². The Labute approximate surface area is 379 Å². The molecule has 0 saturated carbocycles. The minimum atomic E-state index is 0.0106. The van der Waals surface area contributed by atoms with E-state index < -0.39 is 0 Å². The summed E-state index contributed by atoms with van der Waals surface area (Å²) in [5, 5.41) is 10.4. The topological polar surface area (TPSA) is 0 Å². The highest BCUT2D eigenvalue weighted by molar-refractivity contribution is 6.05. The zero-order valence-corrected chi connectivity index (χ0v) is 37.2. The number of rotatable bonds is 6. The molecule has 0 heterocycles. The normalized spacial score (nSPS) is 11.4. The first-order valence-electron chi connectivity index (χ1n) is 22.4. The van der Waals surface area contributed by atoms with Crippen molar-refractivity contribution in [3.8, 4) is 22.3 Å². The zero-order chi connectivity index (χ0) is 43.9. The van der Waals surface area contributed by atoms with Crippen LogP contribution in [0.25, 0.3) is 65.3 Å². The first-order chi connectivity index (χ1) is 31.3. The molecule has 0 aliphatic rings. The summed E-state index contributed by atoms with van der Waals surface area (Å²) in [6.07, 6.45) is 0. The predicted molar refractivity (Wildman–Crippen MR) is 277 cm³/mol. The van der Waals surface area contributed by atoms with Gasteiger partial charge in [-0.2, -0.15) is 0 Å². The molecule has 64 heavy (non-hydrogen) atoms. The second kappa shape index (κ2) is 18.4. The van der Waals surface area contributed by atoms with Gasteiger partial charge in [0, 0.05) is 10.8 Å². The molecule has 0 saturated heterocycles. The highest BCUT2D eigenvalue weighted by Crippen LogP contribution is 2.36. The van der Waals surface area contributed by atoms with Gasteiger partial charge in [0.1, 0.15) is 0 Å². The molecule has 0 atom stereocenters. The number of hydrogen-bond acceptors (Lipinski definition) is 0. The van der Waals surface area contributed by atoms with Gasteiger partial charge in [-0.1, -0.05) is 270 Å². The van der Waals surface area contributed by atoms with Crippen LogP contribution in [0.5, 0.6) is 0 Å². The van der Waals surface area contributed by atoms with Gasteiger partial charge < -0.3 is 0 Å². The van der Waals surface area contributed by atoms with Gasteiger partial charge in [0.15, 0.2) is 0 Å². The molecule has 310 valence electrons. The maximum absolute atomic E-state index is 2.29. The summed E-state index contributed by atoms with van der Waals surface area (Å²) in [5.41, 5.74) is 10.6. The molecule has 0 N–H and O–H groups in total. The fourth-order valence-electron chi connectivity index (χ4n) is 9.00. The third-order valence-corrected chi connectivity index (χ3v) is 13.0. The molecule has 11 aromatic rings. The molecule has 0 nitrogen and oxygen atoms in total. The van der Waals surface area contributed by atoms with Crippen molar-refractivity contribution < 1.29 is 0 Å². The maximum atomic E-state index is 2.29. The van der Waals surface area contributed by atoms with Gasteiger partial charge in [0.05, 0.1) is 0 Å². The summed E-state index contributed by atoms with van der Waals surface area (Å²) in [7, 11) is 0. The van der Waals surface area contributed by atoms with Crippen molar-refractivity contribution in [3.05, 3.63) is 277 Å². The quantitative estimate of drug-likeness (QED) is 0.157. The Hall–Kier alpha value is -7.54. The predicted octanol–water partition coefficient (Wildman–Crippen LogP) is 17.7. The Kier molecular flexibility index (Phi) is 12.0. The lowest BCUT2D eigenvalue weighted by atomic mass is 9.75. The minimum Gasteiger partial charge on any atom is -0.0622 e. The van der Waals surface area contributed by atoms with E-state index in [1.807, 2.05) is 0 Å². The van der Waals surface area contributed by atoms with Gasteiger partial charge in [0.25, 0.3) is 0 Å². The molecule has 0 aliphatic heterocycles. The summed E-state index contributed by atoms with van der Waals surface area (Å²) in [6, 6.07) is 91.1. The number of benzene rings is 11. The summed E-state index contributed by atoms with van der Waals surface area (Å²) in [5.74, 6) is 0. The molecule has 11 aromatic carbocycles. The zero-order valence-electron chi connectivity index (χ0n) is 37.2. The first-order valence-corrected chi connectivity index (χ1v) is 22.4. The highest BCUT2D eigenvalue weighted by atomic mass is 14.3. The molecule has 11 rings (SSSR count). The highest BCUT2D eigenvalue weighted by Gasteiger charge is 2.26. The SMILES string of the molecule is CC(C)(c1ccccc1)c1ccc(C(C)(C)c2ccccc2)cc1.c1ccc2c(-c3cccc4ccccc34)cccc2c1.c1ccc2cc(-c3ccc4ccccc4c3)ccc2c1. The van der Waals surface area contributed by atoms with Crippen molar-refractivity contribution >= 4 is 43.1 Å². The van der Waals surface area contributed by atoms with Crippen LogP contribution in [0.15, 0.2) is 255 Å². The van der Waals surface area contributed by atoms with Crippen molar-refractivity contribution in [2.24, 2.45) is 0 Å². The Morgan fingerprint density at radius 3 is 0.906 bits per heavy atom. The summed E-state index contributed by atoms with van der Waals surface area (Å²) < 4.78 is 0. The van der Waals surface area contributed by atoms with Crippen LogP contribution in [0.3, 0.4) is 0 Å². The van der Waals surface area contributed by atoms with Crippen molar-refractivity contribution in [1.82, 2.24) is 0 Å². The van der Waals surface area contributed by atoms with Crippen LogP contribution >= 0.6 is 0 Å². The van der Waals surface area contributed by atoms with E-state index in [9.17, 15) is 0 Å². The van der Waals surface area contributed by atoms with Crippen LogP contribution in [0, 0.1) is 0 Å². The molecule has 0 heteroatoms. The van der Waals surface area contributed by atoms with Crippen LogP contribution in [0.2, 0.25) is 0 Å². The van der Waals surface area contributed by atoms with Crippen LogP contribution < -0.4 is 0 Å². The van der Waals surface area contributed by atoms with Crippen molar-refractivity contribution in [2.45, 2.75) is 38.5 Å². The van der Waals surface area contributed by atoms with E-state index in [1.54, 1.807) is 0 Å². The lowest BCUT2D eigenvalue weighted by Gasteiger charge is -2.29. The maximum Gasteiger partial charge on any atom is 0.0146 e. The van der Waals surface area contributed by atoms with Crippen LogP contribution in [0.1, 0.15) is 49.9 Å². The summed E-state index contributed by atoms with van der Waals surface area (Å²) in [4.78, 5) is 0. The van der Waals surface area contributed by atoms with E-state index in [1.165, 1.54) is 87.6 Å². The van der Waals surface area contributed by atoms with Gasteiger partial charge in [-0.3, -0.25) is 0 Å². The molecular weight excluding hydrogens is 769 g/mol. The summed E-state index contributed by atoms with van der Waals surface area (Å²) in [6.45, 7) is 9.17. The lowest BCUT2D eigenvalue weighted by molar-refractivity contribution is 0.626. The molecule has 0 fully saturated rings. The molecule has 0 aromatic heterocycles. The smallest absolute Gasteiger partial charge is 0.0146 e. The van der Waals surface area contributed by atoms with Crippen LogP contribution in [0.4, 0.5) is 0 Å². The Bertz CT molecular complexity index is 3060. The third-order valence-electron chi connectivity index (χ3n) is 13.0. The van der Waals surface area contributed by atoms with Crippen LogP contribution in [-0.2, 0) is 10.8 Å². The van der Waals surface area contributed by atoms with Gasteiger partial charge in [-0.05, 0) is 99.7 Å². The molecular formula is C64H54. The van der Waals surface area contributed by atoms with E-state index in [4.69, 9.17) is 0 Å². The largest absolute Gasteiger partial charge is 0.0622 e. The van der Waals surface area contributed by atoms with E-state index in [2.05, 4.69) is 282 Å². The molecule has 0 amide bonds. The fourth-order valence-corrected chi connectivity index (χ4v) is 9.00. The number of hydrogen-bond donors (Lipinski definition) is 0. The first kappa shape index (κ1) is 41.8. The minimum absolute atomic E-state index is 0.0106. The average Bonchev–Trinajstić information content (AvgIpc) is 3.36. The lowest BCUT2D eigenvalue weighted by Crippen LogP contribution is -2.21. The average molecular weight is 823 g/mol. The van der Waals surface area contributed by atoms with E-state index in [-0.39, 0.29) is 10.8 Å². The molecule has 0 aliphatic carbocycles.